The number of fused-ring (bicyclic) bond motifs is 2. The summed E-state index contributed by atoms with van der Waals surface area (Å²) in [5.41, 5.74) is 0. The molecule has 5 atom stereocenters. The van der Waals surface area contributed by atoms with Gasteiger partial charge in [0.05, 0.1) is 12.2 Å². The number of aliphatic hydroxyl groups is 1. The molecule has 1 N–H and O–H groups in total. The average molecular weight is 252 g/mol. The van der Waals surface area contributed by atoms with Crippen molar-refractivity contribution in [2.24, 2.45) is 23.7 Å². The summed E-state index contributed by atoms with van der Waals surface area (Å²) in [4.78, 5) is 0. The van der Waals surface area contributed by atoms with Crippen LogP contribution in [0.4, 0.5) is 0 Å². The first kappa shape index (κ1) is 12.9. The predicted octanol–water partition coefficient (Wildman–Crippen LogP) is 3.38. The number of hydrogen-bond acceptors (Lipinski definition) is 2. The highest BCUT2D eigenvalue weighted by atomic mass is 16.5. The fourth-order valence-corrected chi connectivity index (χ4v) is 5.03. The number of aliphatic hydroxyl groups excluding tert-OH is 1. The monoisotopic (exact) mass is 252 g/mol. The van der Waals surface area contributed by atoms with Crippen molar-refractivity contribution < 1.29 is 9.84 Å². The maximum Gasteiger partial charge on any atom is 0.0861 e. The first-order chi connectivity index (χ1) is 8.79. The Bertz CT molecular complexity index is 272. The van der Waals surface area contributed by atoms with E-state index in [1.165, 1.54) is 57.8 Å². The van der Waals surface area contributed by atoms with Gasteiger partial charge >= 0.3 is 0 Å². The summed E-state index contributed by atoms with van der Waals surface area (Å²) < 4.78 is 5.72. The van der Waals surface area contributed by atoms with Crippen molar-refractivity contribution in [3.05, 3.63) is 0 Å². The minimum Gasteiger partial charge on any atom is -0.390 e. The minimum absolute atomic E-state index is 0.106. The number of ether oxygens (including phenoxy) is 1. The highest BCUT2D eigenvalue weighted by molar-refractivity contribution is 4.96. The van der Waals surface area contributed by atoms with Crippen LogP contribution < -0.4 is 0 Å². The molecule has 0 radical (unpaired) electrons. The van der Waals surface area contributed by atoms with E-state index in [2.05, 4.69) is 0 Å². The molecule has 0 aromatic rings. The maximum absolute atomic E-state index is 10.8. The summed E-state index contributed by atoms with van der Waals surface area (Å²) in [5.74, 6) is 2.86. The van der Waals surface area contributed by atoms with Crippen LogP contribution in [0.15, 0.2) is 0 Å². The summed E-state index contributed by atoms with van der Waals surface area (Å²) in [6, 6.07) is 0. The van der Waals surface area contributed by atoms with E-state index in [1.54, 1.807) is 7.11 Å². The van der Waals surface area contributed by atoms with E-state index in [9.17, 15) is 5.11 Å². The molecule has 18 heavy (non-hydrogen) atoms. The van der Waals surface area contributed by atoms with Crippen LogP contribution in [0, 0.1) is 23.7 Å². The van der Waals surface area contributed by atoms with Crippen LogP contribution in [0.2, 0.25) is 0 Å². The van der Waals surface area contributed by atoms with Gasteiger partial charge in [0.2, 0.25) is 0 Å². The predicted molar refractivity (Wildman–Crippen MR) is 72.3 cm³/mol. The molecule has 3 aliphatic carbocycles. The Kier molecular flexibility index (Phi) is 3.95. The molecule has 3 rings (SSSR count). The Hall–Kier alpha value is -0.0800. The van der Waals surface area contributed by atoms with E-state index in [4.69, 9.17) is 4.74 Å². The third-order valence-corrected chi connectivity index (χ3v) is 5.95. The van der Waals surface area contributed by atoms with Crippen LogP contribution in [0.25, 0.3) is 0 Å². The zero-order valence-corrected chi connectivity index (χ0v) is 11.7. The number of rotatable bonds is 4. The van der Waals surface area contributed by atoms with Crippen LogP contribution >= 0.6 is 0 Å². The molecule has 2 bridgehead atoms. The van der Waals surface area contributed by atoms with Gasteiger partial charge < -0.3 is 9.84 Å². The van der Waals surface area contributed by atoms with Crippen LogP contribution in [-0.4, -0.2) is 24.4 Å². The lowest BCUT2D eigenvalue weighted by atomic mass is 9.76. The second-order valence-corrected chi connectivity index (χ2v) is 6.93. The van der Waals surface area contributed by atoms with Crippen LogP contribution in [0.3, 0.4) is 0 Å². The van der Waals surface area contributed by atoms with E-state index in [-0.39, 0.29) is 12.2 Å². The maximum atomic E-state index is 10.8. The van der Waals surface area contributed by atoms with Crippen LogP contribution in [0.5, 0.6) is 0 Å². The molecule has 0 aliphatic heterocycles. The highest BCUT2D eigenvalue weighted by Gasteiger charge is 2.46. The molecule has 0 amide bonds. The zero-order valence-electron chi connectivity index (χ0n) is 11.7. The minimum atomic E-state index is -0.201. The molecule has 3 fully saturated rings. The third kappa shape index (κ3) is 2.34. The lowest BCUT2D eigenvalue weighted by molar-refractivity contribution is -0.0870. The van der Waals surface area contributed by atoms with Crippen molar-refractivity contribution in [2.45, 2.75) is 70.0 Å². The Morgan fingerprint density at radius 1 is 1.00 bits per heavy atom. The summed E-state index contributed by atoms with van der Waals surface area (Å²) in [7, 11) is 1.80. The fourth-order valence-electron chi connectivity index (χ4n) is 5.03. The van der Waals surface area contributed by atoms with Gasteiger partial charge in [0, 0.05) is 7.11 Å². The van der Waals surface area contributed by atoms with Crippen molar-refractivity contribution >= 4 is 0 Å². The van der Waals surface area contributed by atoms with Crippen molar-refractivity contribution in [3.63, 3.8) is 0 Å². The van der Waals surface area contributed by atoms with Crippen molar-refractivity contribution in [2.75, 3.05) is 7.11 Å². The summed E-state index contributed by atoms with van der Waals surface area (Å²) >= 11 is 0. The van der Waals surface area contributed by atoms with Gasteiger partial charge in [-0.3, -0.25) is 0 Å². The molecule has 3 saturated carbocycles. The average Bonchev–Trinajstić information content (AvgIpc) is 3.03. The van der Waals surface area contributed by atoms with E-state index >= 15 is 0 Å². The third-order valence-electron chi connectivity index (χ3n) is 5.95. The van der Waals surface area contributed by atoms with Gasteiger partial charge in [-0.15, -0.1) is 0 Å². The quantitative estimate of drug-likeness (QED) is 0.831. The van der Waals surface area contributed by atoms with Crippen LogP contribution in [-0.2, 0) is 4.74 Å². The lowest BCUT2D eigenvalue weighted by Crippen LogP contribution is -2.42. The molecule has 0 saturated heterocycles. The van der Waals surface area contributed by atoms with Crippen molar-refractivity contribution in [3.8, 4) is 0 Å². The first-order valence-electron chi connectivity index (χ1n) is 8.00. The molecule has 0 aromatic heterocycles. The Morgan fingerprint density at radius 2 is 1.78 bits per heavy atom. The largest absolute Gasteiger partial charge is 0.390 e. The van der Waals surface area contributed by atoms with E-state index in [1.807, 2.05) is 0 Å². The fraction of sp³-hybridized carbons (Fsp3) is 1.00. The van der Waals surface area contributed by atoms with Gasteiger partial charge in [-0.1, -0.05) is 25.7 Å². The molecule has 5 unspecified atom stereocenters. The Labute approximate surface area is 111 Å². The Morgan fingerprint density at radius 3 is 2.33 bits per heavy atom. The van der Waals surface area contributed by atoms with Gasteiger partial charge in [-0.25, -0.2) is 0 Å². The van der Waals surface area contributed by atoms with Gasteiger partial charge in [0.1, 0.15) is 0 Å². The number of methoxy groups -OCH3 is 1. The molecule has 0 aromatic carbocycles. The molecule has 0 heterocycles. The SMILES string of the molecule is COC(C1CCCCC1)C(O)C1CC2CCC1C2. The van der Waals surface area contributed by atoms with Gasteiger partial charge in [0.25, 0.3) is 0 Å². The van der Waals surface area contributed by atoms with E-state index in [0.717, 1.165) is 11.8 Å². The van der Waals surface area contributed by atoms with Gasteiger partial charge in [0.15, 0.2) is 0 Å². The molecule has 0 spiro atoms. The summed E-state index contributed by atoms with van der Waals surface area (Å²) in [6.45, 7) is 0. The summed E-state index contributed by atoms with van der Waals surface area (Å²) in [5, 5.41) is 10.8. The number of hydrogen-bond donors (Lipinski definition) is 1. The molecular formula is C16H28O2. The zero-order chi connectivity index (χ0) is 12.5. The molecule has 2 heteroatoms. The Balaban J connectivity index is 1.63. The molecular weight excluding hydrogens is 224 g/mol. The second kappa shape index (κ2) is 5.50. The summed E-state index contributed by atoms with van der Waals surface area (Å²) in [6.07, 6.45) is 11.9. The topological polar surface area (TPSA) is 29.5 Å². The smallest absolute Gasteiger partial charge is 0.0861 e. The van der Waals surface area contributed by atoms with E-state index < -0.39 is 0 Å². The van der Waals surface area contributed by atoms with E-state index in [0.29, 0.717) is 11.8 Å². The highest BCUT2D eigenvalue weighted by Crippen LogP contribution is 2.50. The molecule has 3 aliphatic rings. The van der Waals surface area contributed by atoms with Gasteiger partial charge in [-0.05, 0) is 55.8 Å². The van der Waals surface area contributed by atoms with Crippen LogP contribution in [0.1, 0.15) is 57.8 Å². The van der Waals surface area contributed by atoms with Crippen molar-refractivity contribution in [1.82, 2.24) is 0 Å². The lowest BCUT2D eigenvalue weighted by Gasteiger charge is -2.37. The standard InChI is InChI=1S/C16H28O2/c1-18-16(12-5-3-2-4-6-12)15(17)14-10-11-7-8-13(14)9-11/h11-17H,2-10H2,1H3. The van der Waals surface area contributed by atoms with Crippen molar-refractivity contribution in [1.29, 1.82) is 0 Å². The normalized spacial score (nSPS) is 40.0. The molecule has 104 valence electrons. The second-order valence-electron chi connectivity index (χ2n) is 6.93. The van der Waals surface area contributed by atoms with Gasteiger partial charge in [-0.2, -0.15) is 0 Å². The first-order valence-corrected chi connectivity index (χ1v) is 8.00. The molecule has 2 nitrogen and oxygen atoms in total.